The lowest BCUT2D eigenvalue weighted by molar-refractivity contribution is 0.442. The second-order valence-corrected chi connectivity index (χ2v) is 6.15. The highest BCUT2D eigenvalue weighted by molar-refractivity contribution is 7.09. The van der Waals surface area contributed by atoms with Gasteiger partial charge < -0.3 is 5.32 Å². The summed E-state index contributed by atoms with van der Waals surface area (Å²) in [7, 11) is 0. The molecule has 0 bridgehead atoms. The van der Waals surface area contributed by atoms with Crippen molar-refractivity contribution in [3.8, 4) is 0 Å². The topological polar surface area (TPSA) is 12.0 Å². The highest BCUT2D eigenvalue weighted by Crippen LogP contribution is 2.15. The minimum Gasteiger partial charge on any atom is -0.314 e. The van der Waals surface area contributed by atoms with Crippen molar-refractivity contribution in [3.05, 3.63) is 34.5 Å². The standard InChI is InChI=1S/C16H27NS/c1-4-12-17-15(11-10-14(2)3)7-5-8-16-9-6-13-18-16/h6,9,13,15,17H,2,4-5,7-8,10-12H2,1,3H3. The average molecular weight is 265 g/mol. The van der Waals surface area contributed by atoms with E-state index in [1.54, 1.807) is 0 Å². The minimum absolute atomic E-state index is 0.668. The molecule has 18 heavy (non-hydrogen) atoms. The largest absolute Gasteiger partial charge is 0.314 e. The van der Waals surface area contributed by atoms with E-state index in [2.05, 4.69) is 43.3 Å². The van der Waals surface area contributed by atoms with Gasteiger partial charge in [0.2, 0.25) is 0 Å². The Labute approximate surface area is 116 Å². The molecule has 1 atom stereocenters. The van der Waals surface area contributed by atoms with E-state index in [0.717, 1.165) is 13.0 Å². The quantitative estimate of drug-likeness (QED) is 0.599. The number of thiophene rings is 1. The van der Waals surface area contributed by atoms with Gasteiger partial charge >= 0.3 is 0 Å². The molecule has 0 aliphatic heterocycles. The maximum absolute atomic E-state index is 4.00. The molecular weight excluding hydrogens is 238 g/mol. The van der Waals surface area contributed by atoms with Gasteiger partial charge in [-0.3, -0.25) is 0 Å². The van der Waals surface area contributed by atoms with Gasteiger partial charge in [-0.2, -0.15) is 0 Å². The first kappa shape index (κ1) is 15.5. The molecule has 2 heteroatoms. The Balaban J connectivity index is 2.23. The first-order valence-electron chi connectivity index (χ1n) is 7.12. The fraction of sp³-hybridized carbons (Fsp3) is 0.625. The molecule has 1 N–H and O–H groups in total. The molecule has 0 fully saturated rings. The van der Waals surface area contributed by atoms with Crippen LogP contribution in [0.2, 0.25) is 0 Å². The molecule has 0 aliphatic carbocycles. The van der Waals surface area contributed by atoms with E-state index in [4.69, 9.17) is 0 Å². The zero-order valence-electron chi connectivity index (χ0n) is 11.9. The summed E-state index contributed by atoms with van der Waals surface area (Å²) in [5, 5.41) is 5.84. The molecule has 1 aromatic rings. The van der Waals surface area contributed by atoms with E-state index < -0.39 is 0 Å². The number of hydrogen-bond donors (Lipinski definition) is 1. The van der Waals surface area contributed by atoms with Crippen LogP contribution < -0.4 is 5.32 Å². The Morgan fingerprint density at radius 2 is 2.28 bits per heavy atom. The molecule has 1 rings (SSSR count). The lowest BCUT2D eigenvalue weighted by Gasteiger charge is -2.18. The number of nitrogens with one attached hydrogen (secondary N) is 1. The Morgan fingerprint density at radius 1 is 1.44 bits per heavy atom. The molecule has 0 aliphatic rings. The molecule has 102 valence electrons. The summed E-state index contributed by atoms with van der Waals surface area (Å²) in [6.45, 7) is 9.50. The van der Waals surface area contributed by atoms with Gasteiger partial charge in [-0.25, -0.2) is 0 Å². The average Bonchev–Trinajstić information content (AvgIpc) is 2.84. The molecular formula is C16H27NS. The van der Waals surface area contributed by atoms with Crippen molar-refractivity contribution in [2.45, 2.75) is 58.4 Å². The summed E-state index contributed by atoms with van der Waals surface area (Å²) in [6, 6.07) is 5.06. The van der Waals surface area contributed by atoms with Crippen LogP contribution in [-0.2, 0) is 6.42 Å². The van der Waals surface area contributed by atoms with Crippen molar-refractivity contribution in [2.24, 2.45) is 0 Å². The number of aryl methyl sites for hydroxylation is 1. The molecule has 1 aromatic heterocycles. The summed E-state index contributed by atoms with van der Waals surface area (Å²) in [5.41, 5.74) is 1.30. The van der Waals surface area contributed by atoms with Crippen LogP contribution >= 0.6 is 11.3 Å². The molecule has 0 spiro atoms. The predicted molar refractivity (Wildman–Crippen MR) is 83.4 cm³/mol. The Kier molecular flexibility index (Phi) is 8.03. The molecule has 0 saturated carbocycles. The van der Waals surface area contributed by atoms with Gasteiger partial charge in [0, 0.05) is 10.9 Å². The van der Waals surface area contributed by atoms with Gasteiger partial charge in [-0.1, -0.05) is 18.6 Å². The summed E-state index contributed by atoms with van der Waals surface area (Å²) >= 11 is 1.88. The molecule has 1 unspecified atom stereocenters. The van der Waals surface area contributed by atoms with E-state index in [-0.39, 0.29) is 0 Å². The molecule has 0 aromatic carbocycles. The van der Waals surface area contributed by atoms with Crippen molar-refractivity contribution in [1.82, 2.24) is 5.32 Å². The lowest BCUT2D eigenvalue weighted by atomic mass is 10.0. The van der Waals surface area contributed by atoms with Gasteiger partial charge in [0.15, 0.2) is 0 Å². The van der Waals surface area contributed by atoms with Crippen LogP contribution in [0.5, 0.6) is 0 Å². The summed E-state index contributed by atoms with van der Waals surface area (Å²) < 4.78 is 0. The van der Waals surface area contributed by atoms with Crippen LogP contribution in [-0.4, -0.2) is 12.6 Å². The highest BCUT2D eigenvalue weighted by atomic mass is 32.1. The molecule has 1 nitrogen and oxygen atoms in total. The minimum atomic E-state index is 0.668. The molecule has 0 saturated heterocycles. The van der Waals surface area contributed by atoms with Crippen LogP contribution in [0.1, 0.15) is 50.8 Å². The fourth-order valence-electron chi connectivity index (χ4n) is 2.10. The maximum Gasteiger partial charge on any atom is 0.00702 e. The number of hydrogen-bond acceptors (Lipinski definition) is 2. The van der Waals surface area contributed by atoms with Crippen molar-refractivity contribution in [3.63, 3.8) is 0 Å². The van der Waals surface area contributed by atoms with Crippen molar-refractivity contribution in [2.75, 3.05) is 6.54 Å². The van der Waals surface area contributed by atoms with Gasteiger partial charge in [-0.15, -0.1) is 17.9 Å². The van der Waals surface area contributed by atoms with Gasteiger partial charge in [0.05, 0.1) is 0 Å². The van der Waals surface area contributed by atoms with E-state index in [0.29, 0.717) is 6.04 Å². The smallest absolute Gasteiger partial charge is 0.00702 e. The third-order valence-corrected chi connectivity index (χ3v) is 4.09. The van der Waals surface area contributed by atoms with Crippen LogP contribution in [0.4, 0.5) is 0 Å². The summed E-state index contributed by atoms with van der Waals surface area (Å²) in [5.74, 6) is 0. The monoisotopic (exact) mass is 265 g/mol. The highest BCUT2D eigenvalue weighted by Gasteiger charge is 2.07. The fourth-order valence-corrected chi connectivity index (χ4v) is 2.85. The predicted octanol–water partition coefficient (Wildman–Crippen LogP) is 4.80. The van der Waals surface area contributed by atoms with Crippen molar-refractivity contribution in [1.29, 1.82) is 0 Å². The van der Waals surface area contributed by atoms with E-state index in [1.165, 1.54) is 42.6 Å². The second-order valence-electron chi connectivity index (χ2n) is 5.12. The summed E-state index contributed by atoms with van der Waals surface area (Å²) in [6.07, 6.45) is 7.41. The maximum atomic E-state index is 4.00. The normalized spacial score (nSPS) is 12.6. The third kappa shape index (κ3) is 6.97. The Morgan fingerprint density at radius 3 is 2.89 bits per heavy atom. The lowest BCUT2D eigenvalue weighted by Crippen LogP contribution is -2.29. The van der Waals surface area contributed by atoms with Gasteiger partial charge in [0.25, 0.3) is 0 Å². The van der Waals surface area contributed by atoms with Crippen molar-refractivity contribution >= 4 is 11.3 Å². The van der Waals surface area contributed by atoms with E-state index in [1.807, 2.05) is 11.3 Å². The molecule has 0 amide bonds. The van der Waals surface area contributed by atoms with Crippen molar-refractivity contribution < 1.29 is 0 Å². The zero-order valence-corrected chi connectivity index (χ0v) is 12.7. The van der Waals surface area contributed by atoms with Crippen LogP contribution in [0.15, 0.2) is 29.7 Å². The van der Waals surface area contributed by atoms with E-state index in [9.17, 15) is 0 Å². The molecule has 1 heterocycles. The third-order valence-electron chi connectivity index (χ3n) is 3.16. The number of allylic oxidation sites excluding steroid dienone is 1. The molecule has 0 radical (unpaired) electrons. The van der Waals surface area contributed by atoms with Gasteiger partial charge in [0.1, 0.15) is 0 Å². The Hall–Kier alpha value is -0.600. The zero-order chi connectivity index (χ0) is 13.2. The van der Waals surface area contributed by atoms with Crippen LogP contribution in [0, 0.1) is 0 Å². The van der Waals surface area contributed by atoms with Crippen LogP contribution in [0.3, 0.4) is 0 Å². The first-order chi connectivity index (χ1) is 8.72. The van der Waals surface area contributed by atoms with Crippen LogP contribution in [0.25, 0.3) is 0 Å². The second kappa shape index (κ2) is 9.35. The summed E-state index contributed by atoms with van der Waals surface area (Å²) in [4.78, 5) is 1.52. The van der Waals surface area contributed by atoms with E-state index >= 15 is 0 Å². The SMILES string of the molecule is C=C(C)CCC(CCCc1cccs1)NCCC. The first-order valence-corrected chi connectivity index (χ1v) is 8.00. The van der Waals surface area contributed by atoms with Gasteiger partial charge in [-0.05, 0) is 63.4 Å². The Bertz CT molecular complexity index is 316. The number of rotatable bonds is 10.